The maximum absolute atomic E-state index is 14.2. The van der Waals surface area contributed by atoms with Crippen LogP contribution in [-0.4, -0.2) is 130 Å². The van der Waals surface area contributed by atoms with Crippen molar-refractivity contribution < 1.29 is 80.7 Å². The molecule has 1 spiro atoms. The summed E-state index contributed by atoms with van der Waals surface area (Å²) in [6.45, 7) is 17.0. The molecule has 20 heteroatoms. The zero-order valence-electron chi connectivity index (χ0n) is 45.7. The Morgan fingerprint density at radius 3 is 2.31 bits per heavy atom. The molecule has 0 aromatic heterocycles. The number of alkyl halides is 1. The van der Waals surface area contributed by atoms with Crippen LogP contribution in [0.2, 0.25) is 0 Å². The van der Waals surface area contributed by atoms with E-state index in [9.17, 15) is 33.9 Å². The molecule has 74 heavy (non-hydrogen) atoms. The molecule has 2 heterocycles. The van der Waals surface area contributed by atoms with Crippen molar-refractivity contribution in [1.29, 1.82) is 1.34 Å². The summed E-state index contributed by atoms with van der Waals surface area (Å²) in [5.74, 6) is -6.43. The second-order valence-corrected chi connectivity index (χ2v) is 21.9. The number of carbonyl (C=O) groups excluding carboxylic acids is 6. The van der Waals surface area contributed by atoms with Crippen molar-refractivity contribution in [3.8, 4) is 0 Å². The average molecular weight is 1080 g/mol. The maximum atomic E-state index is 14.2. The van der Waals surface area contributed by atoms with Crippen LogP contribution in [0.1, 0.15) is 132 Å². The number of hydrogen-bond donors (Lipinski definition) is 1. The molecule has 1 aromatic rings. The number of esters is 5. The summed E-state index contributed by atoms with van der Waals surface area (Å²) in [4.78, 5) is 77.9. The summed E-state index contributed by atoms with van der Waals surface area (Å²) in [7, 11) is 2.07. The number of rotatable bonds is 28. The second kappa shape index (κ2) is 29.1. The van der Waals surface area contributed by atoms with Crippen LogP contribution >= 0.6 is 23.5 Å². The number of halogens is 1. The topological polar surface area (TPSA) is 215 Å². The Hall–Kier alpha value is -3.82. The van der Waals surface area contributed by atoms with Gasteiger partial charge < -0.3 is 51.9 Å². The lowest BCUT2D eigenvalue weighted by molar-refractivity contribution is -0.342. The van der Waals surface area contributed by atoms with E-state index in [1.807, 2.05) is 44.2 Å². The molecule has 1 aliphatic carbocycles. The van der Waals surface area contributed by atoms with Crippen LogP contribution in [-0.2, 0) is 82.2 Å². The molecule has 1 N–H and O–H groups in total. The van der Waals surface area contributed by atoms with E-state index in [-0.39, 0.29) is 62.4 Å². The predicted octanol–water partition coefficient (Wildman–Crippen LogP) is 7.91. The van der Waals surface area contributed by atoms with Crippen molar-refractivity contribution in [3.63, 3.8) is 0 Å². The maximum Gasteiger partial charge on any atom is 0.330 e. The molecule has 2 saturated heterocycles. The van der Waals surface area contributed by atoms with Crippen LogP contribution in [0.15, 0.2) is 54.1 Å². The molecule has 0 amide bonds. The standard InChI is InChI=1S/C54H79BClO17S/c1-11-45(58)70-50-38(25-46(59)64-10)24-40(72-54(50,63)52(8,9)21-15-22-57)26-43(36(5)65-32-37-16-13-12-14-17-37)68-47(60)28-41(73-74-55)29-48(61)69-44(51(6,7)33-66-49(62)31-56)27-39-20-23-67-53(71-39)30-35(4)18-19-42(53)34(2)3/h12-17,21-22,25,34-36,39-44,50,55,63H,11,18-20,23-24,26-33H2,1-10H3/b21-15+,38-25+/t35-,36+,39+,40?,41-,42+,43-,44+,50+,53?,54-/m1/s1/i55T. The summed E-state index contributed by atoms with van der Waals surface area (Å²) < 4.78 is 68.2. The van der Waals surface area contributed by atoms with Crippen molar-refractivity contribution in [1.82, 2.24) is 0 Å². The fraction of sp³-hybridized carbons (Fsp3) is 0.704. The van der Waals surface area contributed by atoms with Crippen molar-refractivity contribution in [2.75, 3.05) is 26.2 Å². The van der Waals surface area contributed by atoms with Gasteiger partial charge in [-0.05, 0) is 56.6 Å². The van der Waals surface area contributed by atoms with Crippen LogP contribution in [0.5, 0.6) is 0 Å². The number of methoxy groups -OCH3 is 1. The van der Waals surface area contributed by atoms with Gasteiger partial charge in [0, 0.05) is 48.5 Å². The molecular weight excluding hydrogens is 999 g/mol. The van der Waals surface area contributed by atoms with Gasteiger partial charge in [-0.3, -0.25) is 24.0 Å². The molecule has 2 aliphatic heterocycles. The highest BCUT2D eigenvalue weighted by atomic mass is 35.5. The van der Waals surface area contributed by atoms with Crippen molar-refractivity contribution >= 4 is 66.7 Å². The van der Waals surface area contributed by atoms with Crippen molar-refractivity contribution in [2.24, 2.45) is 28.6 Å². The number of carbonyl (C=O) groups is 6. The van der Waals surface area contributed by atoms with E-state index in [1.165, 1.54) is 13.2 Å². The average Bonchev–Trinajstić information content (AvgIpc) is 3.36. The Morgan fingerprint density at radius 2 is 1.68 bits per heavy atom. The summed E-state index contributed by atoms with van der Waals surface area (Å²) in [5.41, 5.74) is -1.42. The molecule has 17 nitrogen and oxygen atoms in total. The summed E-state index contributed by atoms with van der Waals surface area (Å²) in [6, 6.07) is 9.28. The van der Waals surface area contributed by atoms with Crippen LogP contribution in [0, 0.1) is 28.6 Å². The number of benzene rings is 1. The quantitative estimate of drug-likeness (QED) is 0.0160. The molecule has 11 atom stereocenters. The molecule has 2 unspecified atom stereocenters. The van der Waals surface area contributed by atoms with Crippen molar-refractivity contribution in [2.45, 2.75) is 187 Å². The zero-order chi connectivity index (χ0) is 55.6. The van der Waals surface area contributed by atoms with Gasteiger partial charge in [0.05, 0.1) is 64.2 Å². The highest BCUT2D eigenvalue weighted by molar-refractivity contribution is 8.15. The molecule has 3 fully saturated rings. The highest BCUT2D eigenvalue weighted by Gasteiger charge is 2.58. The first-order valence-corrected chi connectivity index (χ1v) is 26.9. The van der Waals surface area contributed by atoms with E-state index < -0.39 is 102 Å². The molecule has 1 saturated carbocycles. The van der Waals surface area contributed by atoms with Gasteiger partial charge >= 0.3 is 29.8 Å². The van der Waals surface area contributed by atoms with E-state index >= 15 is 0 Å². The SMILES string of the molecule is [3H][B]SO[C@@H](CC(=O)O[C@@H](C[C@@H]1CCOC2(C[C@H](C)CC[C@H]2C(C)C)O1)C(C)(C)COC(=O)CCl)CC(=O)O[C@H](CC1C/C(=C\C(=O)OC)[C@H](OC(=O)CC)[C@](O)(C(C)(C)/C=C/C=O)O1)[C@H](C)OCc1ccccc1. The molecular formula is C54H79BClO17S. The Balaban J connectivity index is 1.63. The third-order valence-electron chi connectivity index (χ3n) is 14.2. The number of ether oxygens (including phenoxy) is 9. The number of hydrogen-bond acceptors (Lipinski definition) is 18. The van der Waals surface area contributed by atoms with Crippen molar-refractivity contribution in [3.05, 3.63) is 59.7 Å². The summed E-state index contributed by atoms with van der Waals surface area (Å²) in [5, 5.41) is 12.6. The second-order valence-electron chi connectivity index (χ2n) is 21.2. The third kappa shape index (κ3) is 17.9. The lowest BCUT2D eigenvalue weighted by Crippen LogP contribution is -2.62. The fourth-order valence-corrected chi connectivity index (χ4v) is 10.2. The molecule has 4 rings (SSSR count). The zero-order valence-corrected chi connectivity index (χ0v) is 46.3. The Labute approximate surface area is 448 Å². The number of allylic oxidation sites excluding steroid dienone is 1. The van der Waals surface area contributed by atoms with Gasteiger partial charge in [-0.1, -0.05) is 110 Å². The lowest BCUT2D eigenvalue weighted by atomic mass is 9.72. The lowest BCUT2D eigenvalue weighted by Gasteiger charge is -2.52. The van der Waals surface area contributed by atoms with E-state index in [1.54, 1.807) is 27.7 Å². The van der Waals surface area contributed by atoms with Gasteiger partial charge in [0.25, 0.3) is 0 Å². The molecule has 0 bridgehead atoms. The van der Waals surface area contributed by atoms with E-state index in [0.717, 1.165) is 44.1 Å². The Morgan fingerprint density at radius 1 is 0.973 bits per heavy atom. The largest absolute Gasteiger partial charge is 0.466 e. The molecule has 1 radical (unpaired) electrons. The minimum absolute atomic E-state index is 0.0733. The monoisotopic (exact) mass is 1080 g/mol. The minimum atomic E-state index is -2.40. The Bertz CT molecular complexity index is 2090. The smallest absolute Gasteiger partial charge is 0.330 e. The van der Waals surface area contributed by atoms with Gasteiger partial charge in [0.15, 0.2) is 11.9 Å². The Kier molecular flexibility index (Phi) is 24.0. The molecule has 1 aromatic carbocycles. The normalized spacial score (nSPS) is 26.9. The number of aldehydes is 1. The first kappa shape index (κ1) is 61.0. The van der Waals surface area contributed by atoms with Gasteiger partial charge in [0.1, 0.15) is 24.4 Å². The van der Waals surface area contributed by atoms with Crippen LogP contribution in [0.3, 0.4) is 0 Å². The number of aliphatic hydroxyl groups is 1. The highest BCUT2D eigenvalue weighted by Crippen LogP contribution is 2.49. The van der Waals surface area contributed by atoms with E-state index in [4.69, 9.17) is 59.8 Å². The fourth-order valence-electron chi connectivity index (χ4n) is 9.87. The van der Waals surface area contributed by atoms with Gasteiger partial charge in [-0.25, -0.2) is 4.79 Å². The first-order valence-electron chi connectivity index (χ1n) is 26.1. The molecule has 3 aliphatic rings. The van der Waals surface area contributed by atoms with Crippen LogP contribution in [0.4, 0.5) is 0 Å². The van der Waals surface area contributed by atoms with Crippen LogP contribution in [0.25, 0.3) is 0 Å². The first-order chi connectivity index (χ1) is 35.4. The van der Waals surface area contributed by atoms with Gasteiger partial charge in [-0.15, -0.1) is 11.6 Å². The van der Waals surface area contributed by atoms with E-state index in [2.05, 4.69) is 20.8 Å². The third-order valence-corrected chi connectivity index (χ3v) is 14.8. The van der Waals surface area contributed by atoms with E-state index in [0.29, 0.717) is 43.0 Å². The minimum Gasteiger partial charge on any atom is -0.466 e. The summed E-state index contributed by atoms with van der Waals surface area (Å²) in [6.07, 6.45) is -0.557. The molecule has 413 valence electrons. The van der Waals surface area contributed by atoms with Crippen LogP contribution < -0.4 is 0 Å². The van der Waals surface area contributed by atoms with Gasteiger partial charge in [0.2, 0.25) is 12.9 Å². The van der Waals surface area contributed by atoms with Gasteiger partial charge in [-0.2, -0.15) is 0 Å². The summed E-state index contributed by atoms with van der Waals surface area (Å²) >= 11 is 6.38. The predicted molar refractivity (Wildman–Crippen MR) is 277 cm³/mol.